The first-order chi connectivity index (χ1) is 6.72. The Labute approximate surface area is 80.8 Å². The lowest BCUT2D eigenvalue weighted by molar-refractivity contribution is -0.805. The Morgan fingerprint density at radius 1 is 1.47 bits per heavy atom. The molecule has 0 aliphatic heterocycles. The van der Waals surface area contributed by atoms with E-state index in [1.165, 1.54) is 0 Å². The maximum atomic E-state index is 13.0. The fourth-order valence-electron chi connectivity index (χ4n) is 0.425. The standard InChI is InChI=1S/C4H5FN4O6/c1-2(10)15-7-3(6)4(5,8(11)12)9(13)14/h1H3,(H2,6,7). The van der Waals surface area contributed by atoms with Crippen LogP contribution >= 0.6 is 0 Å². The fourth-order valence-corrected chi connectivity index (χ4v) is 0.425. The van der Waals surface area contributed by atoms with Crippen molar-refractivity contribution >= 4 is 11.8 Å². The van der Waals surface area contributed by atoms with Crippen LogP contribution in [0.1, 0.15) is 6.92 Å². The number of hydrogen-bond donors (Lipinski definition) is 1. The summed E-state index contributed by atoms with van der Waals surface area (Å²) in [4.78, 5) is 30.2. The Morgan fingerprint density at radius 2 is 1.87 bits per heavy atom. The summed E-state index contributed by atoms with van der Waals surface area (Å²) in [7, 11) is 0. The molecule has 15 heavy (non-hydrogen) atoms. The number of nitrogens with zero attached hydrogens (tertiary/aromatic N) is 3. The molecular weight excluding hydrogens is 219 g/mol. The molecule has 0 saturated carbocycles. The number of rotatable bonds is 4. The molecule has 0 aliphatic carbocycles. The summed E-state index contributed by atoms with van der Waals surface area (Å²) in [6, 6.07) is 0. The van der Waals surface area contributed by atoms with Gasteiger partial charge in [0.25, 0.3) is 0 Å². The van der Waals surface area contributed by atoms with Crippen LogP contribution in [0.25, 0.3) is 0 Å². The number of carbonyl (C=O) groups is 1. The van der Waals surface area contributed by atoms with Gasteiger partial charge < -0.3 is 10.6 Å². The van der Waals surface area contributed by atoms with E-state index in [1.54, 1.807) is 0 Å². The van der Waals surface area contributed by atoms with Crippen molar-refractivity contribution in [3.63, 3.8) is 0 Å². The lowest BCUT2D eigenvalue weighted by Gasteiger charge is -2.05. The molecule has 84 valence electrons. The van der Waals surface area contributed by atoms with E-state index in [9.17, 15) is 29.4 Å². The van der Waals surface area contributed by atoms with Gasteiger partial charge in [-0.05, 0) is 5.16 Å². The van der Waals surface area contributed by atoms with Gasteiger partial charge in [0, 0.05) is 6.92 Å². The number of nitrogens with two attached hydrogens (primary N) is 1. The molecule has 0 aromatic carbocycles. The van der Waals surface area contributed by atoms with Crippen LogP contribution in [0.3, 0.4) is 0 Å². The minimum atomic E-state index is -4.31. The summed E-state index contributed by atoms with van der Waals surface area (Å²) in [6.07, 6.45) is 0. The number of hydrogen-bond acceptors (Lipinski definition) is 7. The van der Waals surface area contributed by atoms with Crippen molar-refractivity contribution in [1.82, 2.24) is 0 Å². The lowest BCUT2D eigenvalue weighted by atomic mass is 10.4. The molecular formula is C4H5FN4O6. The zero-order valence-corrected chi connectivity index (χ0v) is 7.25. The first-order valence-corrected chi connectivity index (χ1v) is 3.22. The average molecular weight is 224 g/mol. The molecule has 0 amide bonds. The van der Waals surface area contributed by atoms with E-state index < -0.39 is 27.6 Å². The Bertz CT molecular complexity index is 326. The molecule has 0 aliphatic rings. The first kappa shape index (κ1) is 12.7. The van der Waals surface area contributed by atoms with E-state index in [-0.39, 0.29) is 0 Å². The highest BCUT2D eigenvalue weighted by molar-refractivity contribution is 5.85. The second kappa shape index (κ2) is 4.26. The van der Waals surface area contributed by atoms with Crippen LogP contribution in [0.5, 0.6) is 0 Å². The Hall–Kier alpha value is -2.33. The quantitative estimate of drug-likeness (QED) is 0.122. The molecule has 0 radical (unpaired) electrons. The number of nitro groups is 2. The molecule has 0 unspecified atom stereocenters. The largest absolute Gasteiger partial charge is 0.678 e. The average Bonchev–Trinajstić information content (AvgIpc) is 2.11. The minimum Gasteiger partial charge on any atom is -0.369 e. The van der Waals surface area contributed by atoms with Crippen LogP contribution in [0.4, 0.5) is 4.39 Å². The predicted octanol–water partition coefficient (Wildman–Crippen LogP) is -1.00. The molecule has 0 bridgehead atoms. The van der Waals surface area contributed by atoms with Crippen molar-refractivity contribution < 1.29 is 23.9 Å². The van der Waals surface area contributed by atoms with E-state index in [0.717, 1.165) is 6.92 Å². The highest BCUT2D eigenvalue weighted by Crippen LogP contribution is 2.13. The van der Waals surface area contributed by atoms with E-state index >= 15 is 0 Å². The lowest BCUT2D eigenvalue weighted by Crippen LogP contribution is -2.53. The van der Waals surface area contributed by atoms with Gasteiger partial charge in [0.15, 0.2) is 0 Å². The van der Waals surface area contributed by atoms with Crippen molar-refractivity contribution in [2.45, 2.75) is 12.8 Å². The number of alkyl halides is 1. The number of carbonyl (C=O) groups excluding carboxylic acids is 1. The van der Waals surface area contributed by atoms with Gasteiger partial charge in [-0.3, -0.25) is 20.2 Å². The minimum absolute atomic E-state index is 0.842. The normalized spacial score (nSPS) is 12.0. The highest BCUT2D eigenvalue weighted by Gasteiger charge is 2.64. The van der Waals surface area contributed by atoms with Gasteiger partial charge in [-0.2, -0.15) is 0 Å². The summed E-state index contributed by atoms with van der Waals surface area (Å²) < 4.78 is 13.0. The molecule has 0 spiro atoms. The zero-order valence-electron chi connectivity index (χ0n) is 7.25. The molecule has 0 atom stereocenters. The van der Waals surface area contributed by atoms with Crippen LogP contribution in [-0.4, -0.2) is 27.6 Å². The van der Waals surface area contributed by atoms with Crippen LogP contribution in [0.15, 0.2) is 5.16 Å². The smallest absolute Gasteiger partial charge is 0.369 e. The topological polar surface area (TPSA) is 151 Å². The summed E-state index contributed by atoms with van der Waals surface area (Å²) in [5.41, 5.74) is 4.62. The van der Waals surface area contributed by atoms with Gasteiger partial charge in [-0.25, -0.2) is 4.79 Å². The molecule has 0 aromatic heterocycles. The van der Waals surface area contributed by atoms with Crippen molar-refractivity contribution in [2.75, 3.05) is 0 Å². The van der Waals surface area contributed by atoms with Gasteiger partial charge in [0.05, 0.1) is 0 Å². The van der Waals surface area contributed by atoms with Crippen molar-refractivity contribution in [3.05, 3.63) is 20.2 Å². The van der Waals surface area contributed by atoms with E-state index in [1.807, 2.05) is 0 Å². The Kier molecular flexibility index (Phi) is 3.59. The van der Waals surface area contributed by atoms with Gasteiger partial charge in [0.1, 0.15) is 9.85 Å². The third-order valence-electron chi connectivity index (χ3n) is 1.08. The van der Waals surface area contributed by atoms with Crippen LogP contribution in [0, 0.1) is 20.2 Å². The van der Waals surface area contributed by atoms with E-state index in [0.29, 0.717) is 0 Å². The molecule has 10 nitrogen and oxygen atoms in total. The maximum absolute atomic E-state index is 13.0. The van der Waals surface area contributed by atoms with Gasteiger partial charge in [0.2, 0.25) is 0 Å². The van der Waals surface area contributed by atoms with E-state index in [4.69, 9.17) is 0 Å². The summed E-state index contributed by atoms with van der Waals surface area (Å²) in [5.74, 6) is -7.06. The molecule has 0 saturated heterocycles. The van der Waals surface area contributed by atoms with Gasteiger partial charge in [-0.1, -0.05) is 4.39 Å². The Balaban J connectivity index is 5.11. The molecule has 0 fully saturated rings. The molecule has 0 aromatic rings. The molecule has 11 heteroatoms. The van der Waals surface area contributed by atoms with Gasteiger partial charge in [-0.15, -0.1) is 0 Å². The summed E-state index contributed by atoms with van der Waals surface area (Å²) >= 11 is 0. The zero-order chi connectivity index (χ0) is 12.2. The maximum Gasteiger partial charge on any atom is 0.678 e. The third-order valence-corrected chi connectivity index (χ3v) is 1.08. The third kappa shape index (κ3) is 2.55. The van der Waals surface area contributed by atoms with Gasteiger partial charge >= 0.3 is 17.7 Å². The number of amidine groups is 1. The number of halogens is 1. The van der Waals surface area contributed by atoms with Crippen LogP contribution in [0.2, 0.25) is 0 Å². The van der Waals surface area contributed by atoms with Crippen LogP contribution < -0.4 is 5.73 Å². The summed E-state index contributed by atoms with van der Waals surface area (Å²) in [6.45, 7) is 0.842. The molecule has 0 rings (SSSR count). The second-order valence-electron chi connectivity index (χ2n) is 2.16. The predicted molar refractivity (Wildman–Crippen MR) is 41.2 cm³/mol. The van der Waals surface area contributed by atoms with Crippen molar-refractivity contribution in [2.24, 2.45) is 10.9 Å². The molecule has 2 N–H and O–H groups in total. The van der Waals surface area contributed by atoms with E-state index in [2.05, 4.69) is 15.7 Å². The summed E-state index contributed by atoms with van der Waals surface area (Å²) in [5, 5.41) is 22.5. The van der Waals surface area contributed by atoms with Crippen molar-refractivity contribution in [1.29, 1.82) is 0 Å². The van der Waals surface area contributed by atoms with Crippen LogP contribution in [-0.2, 0) is 9.63 Å². The monoisotopic (exact) mass is 224 g/mol. The highest BCUT2D eigenvalue weighted by atomic mass is 19.2. The number of oxime groups is 1. The van der Waals surface area contributed by atoms with Crippen molar-refractivity contribution in [3.8, 4) is 0 Å². The molecule has 0 heterocycles. The second-order valence-corrected chi connectivity index (χ2v) is 2.16. The Morgan fingerprint density at radius 3 is 2.13 bits per heavy atom. The fraction of sp³-hybridized carbons (Fsp3) is 0.500. The first-order valence-electron chi connectivity index (χ1n) is 3.22. The SMILES string of the molecule is CC(=O)O/N=C(\N)C(F)([N+](=O)[O-])[N+](=O)[O-].